The molecule has 1 unspecified atom stereocenters. The number of amides is 2. The largest absolute Gasteiger partial charge is 0.490 e. The number of benzene rings is 2. The number of alkyl halides is 3. The maximum Gasteiger partial charge on any atom is 0.490 e. The van der Waals surface area contributed by atoms with Crippen LogP contribution in [0.2, 0.25) is 0 Å². The molecule has 198 valence electrons. The lowest BCUT2D eigenvalue weighted by Crippen LogP contribution is -2.51. The molecule has 8 nitrogen and oxygen atoms in total. The van der Waals surface area contributed by atoms with Crippen LogP contribution in [0.15, 0.2) is 42.5 Å². The van der Waals surface area contributed by atoms with Gasteiger partial charge in [-0.05, 0) is 60.5 Å². The highest BCUT2D eigenvalue weighted by atomic mass is 19.4. The van der Waals surface area contributed by atoms with Crippen LogP contribution in [0.1, 0.15) is 27.6 Å². The monoisotopic (exact) mass is 522 g/mol. The zero-order valence-corrected chi connectivity index (χ0v) is 19.8. The quantitative estimate of drug-likeness (QED) is 0.462. The van der Waals surface area contributed by atoms with E-state index >= 15 is 0 Å². The number of halogens is 4. The molecule has 2 aliphatic rings. The molecule has 2 aromatic carbocycles. The lowest BCUT2D eigenvalue weighted by atomic mass is 9.98. The molecule has 12 heteroatoms. The molecule has 1 atom stereocenters. The number of rotatable bonds is 5. The lowest BCUT2D eigenvalue weighted by molar-refractivity contribution is -0.205. The van der Waals surface area contributed by atoms with E-state index in [1.807, 2.05) is 4.90 Å². The van der Waals surface area contributed by atoms with Crippen molar-refractivity contribution >= 4 is 23.5 Å². The van der Waals surface area contributed by atoms with Crippen LogP contribution in [0.25, 0.3) is 0 Å². The predicted octanol–water partition coefficient (Wildman–Crippen LogP) is 2.20. The standard InChI is InChI=1S/C25H26F4N4O4/c26-18-2-4-19(5-3-18)32-9-11-33(12-10-32)22(34)15-31-23(35)17-1-6-20-16(13-17)7-8-30-14-21(20)37-24(36)25(27,28)29/h1-6,13,21,30H,7-12,14-15H2,(H,31,35). The van der Waals surface area contributed by atoms with Crippen LogP contribution in [0.3, 0.4) is 0 Å². The minimum absolute atomic E-state index is 0.0172. The topological polar surface area (TPSA) is 91.0 Å². The number of carbonyl (C=O) groups excluding carboxylic acids is 3. The second-order valence-corrected chi connectivity index (χ2v) is 8.79. The van der Waals surface area contributed by atoms with Gasteiger partial charge < -0.3 is 25.2 Å². The number of hydrogen-bond acceptors (Lipinski definition) is 6. The number of ether oxygens (including phenoxy) is 1. The van der Waals surface area contributed by atoms with Crippen molar-refractivity contribution in [1.29, 1.82) is 0 Å². The number of nitrogens with zero attached hydrogens (tertiary/aromatic N) is 2. The number of anilines is 1. The molecular weight excluding hydrogens is 496 g/mol. The minimum Gasteiger partial charge on any atom is -0.449 e. The van der Waals surface area contributed by atoms with Crippen molar-refractivity contribution in [3.05, 3.63) is 65.0 Å². The molecule has 0 aliphatic carbocycles. The van der Waals surface area contributed by atoms with Gasteiger partial charge in [-0.25, -0.2) is 9.18 Å². The summed E-state index contributed by atoms with van der Waals surface area (Å²) in [6.45, 7) is 2.30. The Labute approximate surface area is 210 Å². The maximum atomic E-state index is 13.1. The summed E-state index contributed by atoms with van der Waals surface area (Å²) in [6.07, 6.45) is -5.82. The van der Waals surface area contributed by atoms with Crippen molar-refractivity contribution in [2.24, 2.45) is 0 Å². The Kier molecular flexibility index (Phi) is 7.96. The van der Waals surface area contributed by atoms with Gasteiger partial charge in [0.15, 0.2) is 0 Å². The molecule has 0 spiro atoms. The first kappa shape index (κ1) is 26.4. The summed E-state index contributed by atoms with van der Waals surface area (Å²) >= 11 is 0. The number of hydrogen-bond donors (Lipinski definition) is 2. The highest BCUT2D eigenvalue weighted by Crippen LogP contribution is 2.28. The molecule has 2 aliphatic heterocycles. The van der Waals surface area contributed by atoms with Gasteiger partial charge in [0.05, 0.1) is 6.54 Å². The third-order valence-corrected chi connectivity index (χ3v) is 6.36. The number of piperazine rings is 1. The predicted molar refractivity (Wildman–Crippen MR) is 125 cm³/mol. The van der Waals surface area contributed by atoms with Gasteiger partial charge in [0.25, 0.3) is 5.91 Å². The maximum absolute atomic E-state index is 13.1. The number of fused-ring (bicyclic) bond motifs is 1. The smallest absolute Gasteiger partial charge is 0.449 e. The molecule has 0 bridgehead atoms. The highest BCUT2D eigenvalue weighted by Gasteiger charge is 2.42. The molecule has 2 aromatic rings. The minimum atomic E-state index is -5.10. The highest BCUT2D eigenvalue weighted by molar-refractivity contribution is 5.96. The normalized spacial score (nSPS) is 18.0. The summed E-state index contributed by atoms with van der Waals surface area (Å²) < 4.78 is 55.7. The molecular formula is C25H26F4N4O4. The van der Waals surface area contributed by atoms with Gasteiger partial charge in [-0.1, -0.05) is 6.07 Å². The molecule has 2 N–H and O–H groups in total. The molecule has 2 heterocycles. The third kappa shape index (κ3) is 6.56. The van der Waals surface area contributed by atoms with E-state index in [4.69, 9.17) is 0 Å². The van der Waals surface area contributed by atoms with Gasteiger partial charge in [-0.15, -0.1) is 0 Å². The van der Waals surface area contributed by atoms with Crippen LogP contribution in [-0.4, -0.2) is 74.7 Å². The van der Waals surface area contributed by atoms with Gasteiger partial charge >= 0.3 is 12.1 Å². The van der Waals surface area contributed by atoms with Crippen LogP contribution in [0, 0.1) is 5.82 Å². The number of esters is 1. The van der Waals surface area contributed by atoms with Crippen LogP contribution < -0.4 is 15.5 Å². The van der Waals surface area contributed by atoms with Crippen molar-refractivity contribution in [2.75, 3.05) is 50.7 Å². The van der Waals surface area contributed by atoms with Crippen molar-refractivity contribution in [3.63, 3.8) is 0 Å². The Balaban J connectivity index is 1.32. The average Bonchev–Trinajstić information content (AvgIpc) is 3.08. The Hall–Kier alpha value is -3.67. The van der Waals surface area contributed by atoms with Crippen molar-refractivity contribution in [2.45, 2.75) is 18.7 Å². The van der Waals surface area contributed by atoms with Crippen LogP contribution in [0.5, 0.6) is 0 Å². The first-order valence-corrected chi connectivity index (χ1v) is 11.8. The van der Waals surface area contributed by atoms with E-state index in [0.717, 1.165) is 5.69 Å². The summed E-state index contributed by atoms with van der Waals surface area (Å²) in [5.41, 5.74) is 2.10. The molecule has 2 amide bonds. The lowest BCUT2D eigenvalue weighted by Gasteiger charge is -2.36. The third-order valence-electron chi connectivity index (χ3n) is 6.36. The number of nitrogens with one attached hydrogen (secondary N) is 2. The first-order valence-electron chi connectivity index (χ1n) is 11.8. The Morgan fingerprint density at radius 1 is 1.03 bits per heavy atom. The van der Waals surface area contributed by atoms with E-state index in [0.29, 0.717) is 50.3 Å². The van der Waals surface area contributed by atoms with E-state index in [2.05, 4.69) is 15.4 Å². The Morgan fingerprint density at radius 2 is 1.73 bits per heavy atom. The molecule has 37 heavy (non-hydrogen) atoms. The molecule has 1 saturated heterocycles. The summed E-state index contributed by atoms with van der Waals surface area (Å²) in [5.74, 6) is -3.33. The summed E-state index contributed by atoms with van der Waals surface area (Å²) in [5, 5.41) is 5.52. The molecule has 0 saturated carbocycles. The van der Waals surface area contributed by atoms with E-state index in [-0.39, 0.29) is 30.4 Å². The molecule has 0 aromatic heterocycles. The first-order chi connectivity index (χ1) is 17.6. The van der Waals surface area contributed by atoms with E-state index < -0.39 is 24.2 Å². The fourth-order valence-corrected chi connectivity index (χ4v) is 4.38. The van der Waals surface area contributed by atoms with Gasteiger partial charge in [-0.3, -0.25) is 9.59 Å². The molecule has 1 fully saturated rings. The SMILES string of the molecule is O=C(NCC(=O)N1CCN(c2ccc(F)cc2)CC1)c1ccc2c(c1)CCNCC2OC(=O)C(F)(F)F. The summed E-state index contributed by atoms with van der Waals surface area (Å²) in [7, 11) is 0. The van der Waals surface area contributed by atoms with Gasteiger partial charge in [0, 0.05) is 44.0 Å². The van der Waals surface area contributed by atoms with E-state index in [1.165, 1.54) is 30.3 Å². The Bertz CT molecular complexity index is 1150. The van der Waals surface area contributed by atoms with Crippen LogP contribution in [0.4, 0.5) is 23.2 Å². The zero-order valence-electron chi connectivity index (χ0n) is 19.8. The number of carbonyl (C=O) groups is 3. The van der Waals surface area contributed by atoms with Crippen molar-refractivity contribution in [3.8, 4) is 0 Å². The zero-order chi connectivity index (χ0) is 26.6. The molecule has 4 rings (SSSR count). The van der Waals surface area contributed by atoms with Crippen LogP contribution in [-0.2, 0) is 20.7 Å². The van der Waals surface area contributed by atoms with E-state index in [1.54, 1.807) is 17.0 Å². The summed E-state index contributed by atoms with van der Waals surface area (Å²) in [4.78, 5) is 40.3. The van der Waals surface area contributed by atoms with Crippen molar-refractivity contribution in [1.82, 2.24) is 15.5 Å². The second kappa shape index (κ2) is 11.2. The summed E-state index contributed by atoms with van der Waals surface area (Å²) in [6, 6.07) is 10.6. The van der Waals surface area contributed by atoms with Gasteiger partial charge in [0.1, 0.15) is 11.9 Å². The van der Waals surface area contributed by atoms with Crippen molar-refractivity contribution < 1.29 is 36.7 Å². The second-order valence-electron chi connectivity index (χ2n) is 8.79. The van der Waals surface area contributed by atoms with Gasteiger partial charge in [0.2, 0.25) is 5.91 Å². The molecule has 0 radical (unpaired) electrons. The fraction of sp³-hybridized carbons (Fsp3) is 0.400. The van der Waals surface area contributed by atoms with E-state index in [9.17, 15) is 31.9 Å². The Morgan fingerprint density at radius 3 is 2.41 bits per heavy atom. The fourth-order valence-electron chi connectivity index (χ4n) is 4.38. The average molecular weight is 522 g/mol. The van der Waals surface area contributed by atoms with Crippen LogP contribution >= 0.6 is 0 Å². The van der Waals surface area contributed by atoms with Gasteiger partial charge in [-0.2, -0.15) is 13.2 Å².